The number of carbonyl (C=O) groups is 1. The van der Waals surface area contributed by atoms with Crippen LogP contribution < -0.4 is 9.47 Å². The topological polar surface area (TPSA) is 66.2 Å². The van der Waals surface area contributed by atoms with Crippen LogP contribution in [0, 0.1) is 6.92 Å². The smallest absolute Gasteiger partial charge is 0.205 e. The van der Waals surface area contributed by atoms with Gasteiger partial charge >= 0.3 is 0 Å². The maximum absolute atomic E-state index is 13.3. The fourth-order valence-corrected chi connectivity index (χ4v) is 4.28. The largest absolute Gasteiger partial charge is 0.497 e. The fraction of sp³-hybridized carbons (Fsp3) is 0.208. The standard InChI is InChI=1S/C24H23N3O3S/c1-16-12-14-27(26-16)15-13-21-25-22(17-4-8-19(29-2)9-5-17)24(31-21)23(28)18-6-10-20(30-3)11-7-18/h4-12,14H,13,15H2,1-3H3. The van der Waals surface area contributed by atoms with Gasteiger partial charge in [0.1, 0.15) is 16.4 Å². The quantitative estimate of drug-likeness (QED) is 0.373. The molecular weight excluding hydrogens is 410 g/mol. The molecule has 0 bridgehead atoms. The first-order chi connectivity index (χ1) is 15.1. The van der Waals surface area contributed by atoms with Crippen molar-refractivity contribution in [3.05, 3.63) is 81.9 Å². The molecule has 0 aliphatic carbocycles. The highest BCUT2D eigenvalue weighted by Crippen LogP contribution is 2.32. The monoisotopic (exact) mass is 433 g/mol. The third-order valence-electron chi connectivity index (χ3n) is 4.92. The minimum Gasteiger partial charge on any atom is -0.497 e. The number of aryl methyl sites for hydroxylation is 3. The molecule has 0 aliphatic heterocycles. The highest BCUT2D eigenvalue weighted by molar-refractivity contribution is 7.14. The third kappa shape index (κ3) is 4.67. The summed E-state index contributed by atoms with van der Waals surface area (Å²) in [6, 6.07) is 16.7. The van der Waals surface area contributed by atoms with Crippen molar-refractivity contribution < 1.29 is 14.3 Å². The molecule has 0 saturated carbocycles. The Kier molecular flexibility index (Phi) is 6.13. The molecule has 4 rings (SSSR count). The molecule has 0 aliphatic rings. The van der Waals surface area contributed by atoms with Crippen molar-refractivity contribution in [1.82, 2.24) is 14.8 Å². The predicted molar refractivity (Wildman–Crippen MR) is 121 cm³/mol. The molecular formula is C24H23N3O3S. The molecule has 158 valence electrons. The van der Waals surface area contributed by atoms with E-state index in [1.807, 2.05) is 48.1 Å². The van der Waals surface area contributed by atoms with Crippen LogP contribution in [-0.2, 0) is 13.0 Å². The van der Waals surface area contributed by atoms with Gasteiger partial charge in [0, 0.05) is 30.3 Å². The molecule has 0 spiro atoms. The van der Waals surface area contributed by atoms with E-state index in [-0.39, 0.29) is 5.78 Å². The number of methoxy groups -OCH3 is 2. The molecule has 0 radical (unpaired) electrons. The number of rotatable bonds is 8. The summed E-state index contributed by atoms with van der Waals surface area (Å²) in [6.07, 6.45) is 2.65. The van der Waals surface area contributed by atoms with Crippen LogP contribution >= 0.6 is 11.3 Å². The van der Waals surface area contributed by atoms with Crippen molar-refractivity contribution in [2.24, 2.45) is 0 Å². The van der Waals surface area contributed by atoms with Gasteiger partial charge in [-0.2, -0.15) is 5.10 Å². The molecule has 0 atom stereocenters. The van der Waals surface area contributed by atoms with Gasteiger partial charge in [-0.1, -0.05) is 0 Å². The molecule has 6 nitrogen and oxygen atoms in total. The molecule has 2 aromatic carbocycles. The zero-order chi connectivity index (χ0) is 21.8. The van der Waals surface area contributed by atoms with Crippen LogP contribution in [0.25, 0.3) is 11.3 Å². The van der Waals surface area contributed by atoms with Crippen LogP contribution in [0.15, 0.2) is 60.8 Å². The summed E-state index contributed by atoms with van der Waals surface area (Å²) in [5, 5.41) is 5.33. The molecule has 0 saturated heterocycles. The number of aromatic nitrogens is 3. The zero-order valence-electron chi connectivity index (χ0n) is 17.7. The van der Waals surface area contributed by atoms with Crippen LogP contribution in [0.3, 0.4) is 0 Å². The highest BCUT2D eigenvalue weighted by atomic mass is 32.1. The van der Waals surface area contributed by atoms with Gasteiger partial charge in [-0.05, 0) is 61.5 Å². The van der Waals surface area contributed by atoms with Crippen molar-refractivity contribution >= 4 is 17.1 Å². The average molecular weight is 434 g/mol. The normalized spacial score (nSPS) is 10.8. The summed E-state index contributed by atoms with van der Waals surface area (Å²) in [4.78, 5) is 18.8. The first-order valence-electron chi connectivity index (χ1n) is 9.90. The number of carbonyl (C=O) groups excluding carboxylic acids is 1. The lowest BCUT2D eigenvalue weighted by Gasteiger charge is -2.05. The highest BCUT2D eigenvalue weighted by Gasteiger charge is 2.21. The summed E-state index contributed by atoms with van der Waals surface area (Å²) in [6.45, 7) is 2.67. The van der Waals surface area contributed by atoms with E-state index in [1.165, 1.54) is 11.3 Å². The van der Waals surface area contributed by atoms with Crippen LogP contribution in [-0.4, -0.2) is 34.8 Å². The summed E-state index contributed by atoms with van der Waals surface area (Å²) >= 11 is 1.44. The number of thiazole rings is 1. The van der Waals surface area contributed by atoms with Gasteiger partial charge in [-0.15, -0.1) is 11.3 Å². The maximum atomic E-state index is 13.3. The second-order valence-corrected chi connectivity index (χ2v) is 8.13. The van der Waals surface area contributed by atoms with Crippen molar-refractivity contribution in [3.8, 4) is 22.8 Å². The summed E-state index contributed by atoms with van der Waals surface area (Å²) in [7, 11) is 3.24. The maximum Gasteiger partial charge on any atom is 0.205 e. The van der Waals surface area contributed by atoms with E-state index in [0.717, 1.165) is 22.0 Å². The van der Waals surface area contributed by atoms with E-state index in [0.29, 0.717) is 34.8 Å². The van der Waals surface area contributed by atoms with Gasteiger partial charge in [0.25, 0.3) is 0 Å². The van der Waals surface area contributed by atoms with E-state index in [2.05, 4.69) is 5.10 Å². The Balaban J connectivity index is 1.67. The molecule has 0 fully saturated rings. The third-order valence-corrected chi connectivity index (χ3v) is 6.04. The first-order valence-corrected chi connectivity index (χ1v) is 10.7. The second kappa shape index (κ2) is 9.14. The van der Waals surface area contributed by atoms with Gasteiger partial charge in [-0.25, -0.2) is 4.98 Å². The van der Waals surface area contributed by atoms with Crippen molar-refractivity contribution in [2.75, 3.05) is 14.2 Å². The van der Waals surface area contributed by atoms with E-state index in [4.69, 9.17) is 14.5 Å². The first kappa shape index (κ1) is 20.8. The van der Waals surface area contributed by atoms with Gasteiger partial charge in [0.15, 0.2) is 0 Å². The molecule has 0 unspecified atom stereocenters. The van der Waals surface area contributed by atoms with Crippen LogP contribution in [0.1, 0.15) is 25.9 Å². The Hall–Kier alpha value is -3.45. The van der Waals surface area contributed by atoms with Gasteiger partial charge in [0.05, 0.1) is 30.6 Å². The van der Waals surface area contributed by atoms with Crippen molar-refractivity contribution in [2.45, 2.75) is 19.9 Å². The average Bonchev–Trinajstić information content (AvgIpc) is 3.43. The SMILES string of the molecule is COc1ccc(C(=O)c2sc(CCn3ccc(C)n3)nc2-c2ccc(OC)cc2)cc1. The molecule has 4 aromatic rings. The Morgan fingerprint density at radius 2 is 1.61 bits per heavy atom. The Bertz CT molecular complexity index is 1180. The number of ether oxygens (including phenoxy) is 2. The Labute approximate surface area is 185 Å². The predicted octanol–water partition coefficient (Wildman–Crippen LogP) is 4.81. The lowest BCUT2D eigenvalue weighted by Crippen LogP contribution is -2.01. The van der Waals surface area contributed by atoms with Gasteiger partial charge in [0.2, 0.25) is 5.78 Å². The molecule has 7 heteroatoms. The lowest BCUT2D eigenvalue weighted by atomic mass is 10.0. The molecule has 0 amide bonds. The minimum atomic E-state index is -0.0489. The number of hydrogen-bond acceptors (Lipinski definition) is 6. The van der Waals surface area contributed by atoms with E-state index in [9.17, 15) is 4.79 Å². The number of nitrogens with zero attached hydrogens (tertiary/aromatic N) is 3. The lowest BCUT2D eigenvalue weighted by molar-refractivity contribution is 0.104. The Morgan fingerprint density at radius 3 is 2.19 bits per heavy atom. The van der Waals surface area contributed by atoms with Crippen LogP contribution in [0.5, 0.6) is 11.5 Å². The van der Waals surface area contributed by atoms with Crippen LogP contribution in [0.2, 0.25) is 0 Å². The fourth-order valence-electron chi connectivity index (χ4n) is 3.24. The van der Waals surface area contributed by atoms with Gasteiger partial charge < -0.3 is 9.47 Å². The zero-order valence-corrected chi connectivity index (χ0v) is 18.5. The second-order valence-electron chi connectivity index (χ2n) is 7.04. The number of hydrogen-bond donors (Lipinski definition) is 0. The summed E-state index contributed by atoms with van der Waals surface area (Å²) in [5.74, 6) is 1.43. The molecule has 0 N–H and O–H groups in total. The van der Waals surface area contributed by atoms with Crippen LogP contribution in [0.4, 0.5) is 0 Å². The molecule has 2 heterocycles. The molecule has 31 heavy (non-hydrogen) atoms. The molecule has 2 aromatic heterocycles. The number of benzene rings is 2. The van der Waals surface area contributed by atoms with E-state index < -0.39 is 0 Å². The van der Waals surface area contributed by atoms with Crippen molar-refractivity contribution in [3.63, 3.8) is 0 Å². The number of ketones is 1. The summed E-state index contributed by atoms with van der Waals surface area (Å²) in [5.41, 5.74) is 3.16. The van der Waals surface area contributed by atoms with E-state index >= 15 is 0 Å². The van der Waals surface area contributed by atoms with E-state index in [1.54, 1.807) is 38.5 Å². The van der Waals surface area contributed by atoms with Gasteiger partial charge in [-0.3, -0.25) is 9.48 Å². The van der Waals surface area contributed by atoms with Crippen molar-refractivity contribution in [1.29, 1.82) is 0 Å². The summed E-state index contributed by atoms with van der Waals surface area (Å²) < 4.78 is 12.4. The Morgan fingerprint density at radius 1 is 0.968 bits per heavy atom. The minimum absolute atomic E-state index is 0.0489.